The molecule has 0 aliphatic rings. The number of carbonyl (C=O) groups excluding carboxylic acids is 1. The van der Waals surface area contributed by atoms with Crippen LogP contribution in [0.2, 0.25) is 0 Å². The molecule has 0 saturated carbocycles. The Bertz CT molecular complexity index is 1000. The summed E-state index contributed by atoms with van der Waals surface area (Å²) in [4.78, 5) is 22.0. The predicted octanol–water partition coefficient (Wildman–Crippen LogP) is 3.95. The lowest BCUT2D eigenvalue weighted by molar-refractivity contribution is -0.147. The summed E-state index contributed by atoms with van der Waals surface area (Å²) in [6.07, 6.45) is 1.93. The molecular formula is C20H21N3O4. The van der Waals surface area contributed by atoms with Crippen LogP contribution in [-0.4, -0.2) is 27.2 Å². The third-order valence-electron chi connectivity index (χ3n) is 4.24. The number of H-pyrrole nitrogens is 1. The van der Waals surface area contributed by atoms with Crippen molar-refractivity contribution in [3.8, 4) is 11.5 Å². The van der Waals surface area contributed by atoms with Crippen molar-refractivity contribution >= 4 is 28.5 Å². The van der Waals surface area contributed by atoms with Crippen molar-refractivity contribution in [2.75, 3.05) is 5.32 Å². The Morgan fingerprint density at radius 1 is 1.19 bits per heavy atom. The van der Waals surface area contributed by atoms with Crippen LogP contribution >= 0.6 is 0 Å². The van der Waals surface area contributed by atoms with Gasteiger partial charge in [0.25, 0.3) is 0 Å². The molecule has 27 heavy (non-hydrogen) atoms. The van der Waals surface area contributed by atoms with Gasteiger partial charge < -0.3 is 15.2 Å². The molecule has 3 rings (SSSR count). The van der Waals surface area contributed by atoms with Crippen molar-refractivity contribution in [3.05, 3.63) is 47.2 Å². The molecular weight excluding hydrogens is 346 g/mol. The summed E-state index contributed by atoms with van der Waals surface area (Å²) in [5, 5.41) is 19.5. The average Bonchev–Trinajstić information content (AvgIpc) is 3.01. The lowest BCUT2D eigenvalue weighted by Gasteiger charge is -2.14. The van der Waals surface area contributed by atoms with E-state index < -0.39 is 11.9 Å². The predicted molar refractivity (Wildman–Crippen MR) is 102 cm³/mol. The van der Waals surface area contributed by atoms with E-state index in [0.29, 0.717) is 17.2 Å². The van der Waals surface area contributed by atoms with E-state index in [2.05, 4.69) is 22.4 Å². The molecule has 0 saturated heterocycles. The summed E-state index contributed by atoms with van der Waals surface area (Å²) in [6.45, 7) is 5.81. The molecule has 0 spiro atoms. The highest BCUT2D eigenvalue weighted by atomic mass is 16.5. The smallest absolute Gasteiger partial charge is 0.394 e. The number of hydrogen-bond donors (Lipinski definition) is 3. The second kappa shape index (κ2) is 7.49. The standard InChI is InChI=1S/C20H21N3O4/c1-4-5-16-15-10-14(6-7-17(15)23-22-16)27-18-11(2)8-13(9-12(18)3)21-19(24)20(25)26/h6-10H,4-5H2,1-3H3,(H,21,24)(H,22,23)(H,25,26). The number of nitrogens with zero attached hydrogens (tertiary/aromatic N) is 1. The minimum Gasteiger partial charge on any atom is -0.474 e. The molecule has 2 aromatic carbocycles. The monoisotopic (exact) mass is 367 g/mol. The van der Waals surface area contributed by atoms with Crippen LogP contribution in [0.4, 0.5) is 5.69 Å². The average molecular weight is 367 g/mol. The molecule has 0 bridgehead atoms. The number of aliphatic carboxylic acids is 1. The van der Waals surface area contributed by atoms with E-state index in [0.717, 1.165) is 40.6 Å². The zero-order valence-electron chi connectivity index (χ0n) is 15.4. The summed E-state index contributed by atoms with van der Waals surface area (Å²) in [6, 6.07) is 9.09. The molecule has 3 N–H and O–H groups in total. The zero-order valence-corrected chi connectivity index (χ0v) is 15.4. The van der Waals surface area contributed by atoms with Gasteiger partial charge in [0.05, 0.1) is 5.52 Å². The first-order valence-electron chi connectivity index (χ1n) is 8.69. The number of ether oxygens (including phenoxy) is 1. The molecule has 0 radical (unpaired) electrons. The van der Waals surface area contributed by atoms with Crippen molar-refractivity contribution in [3.63, 3.8) is 0 Å². The Hall–Kier alpha value is -3.35. The van der Waals surface area contributed by atoms with Gasteiger partial charge in [0.15, 0.2) is 0 Å². The third-order valence-corrected chi connectivity index (χ3v) is 4.24. The number of aromatic amines is 1. The van der Waals surface area contributed by atoms with Gasteiger partial charge in [-0.1, -0.05) is 13.3 Å². The number of aromatic nitrogens is 2. The number of carboxylic acid groups (broad SMARTS) is 1. The largest absolute Gasteiger partial charge is 0.474 e. The number of anilines is 1. The molecule has 0 aliphatic carbocycles. The second-order valence-electron chi connectivity index (χ2n) is 6.43. The van der Waals surface area contributed by atoms with E-state index >= 15 is 0 Å². The molecule has 3 aromatic rings. The third kappa shape index (κ3) is 3.92. The number of rotatable bonds is 5. The molecule has 7 heteroatoms. The molecule has 0 aliphatic heterocycles. The Balaban J connectivity index is 1.89. The van der Waals surface area contributed by atoms with Crippen LogP contribution < -0.4 is 10.1 Å². The quantitative estimate of drug-likeness (QED) is 0.592. The minimum atomic E-state index is -1.53. The number of aryl methyl sites for hydroxylation is 3. The van der Waals surface area contributed by atoms with Gasteiger partial charge >= 0.3 is 11.9 Å². The number of hydrogen-bond acceptors (Lipinski definition) is 4. The summed E-state index contributed by atoms with van der Waals surface area (Å²) in [5.74, 6) is -1.24. The molecule has 1 heterocycles. The van der Waals surface area contributed by atoms with Crippen LogP contribution in [0, 0.1) is 13.8 Å². The topological polar surface area (TPSA) is 104 Å². The lowest BCUT2D eigenvalue weighted by Crippen LogP contribution is -2.21. The molecule has 0 unspecified atom stereocenters. The summed E-state index contributed by atoms with van der Waals surface area (Å²) in [5.41, 5.74) is 3.97. The molecule has 0 fully saturated rings. The van der Waals surface area contributed by atoms with Crippen LogP contribution in [0.1, 0.15) is 30.2 Å². The highest BCUT2D eigenvalue weighted by Gasteiger charge is 2.14. The Labute approximate surface area is 156 Å². The maximum Gasteiger partial charge on any atom is 0.394 e. The van der Waals surface area contributed by atoms with E-state index in [1.54, 1.807) is 12.1 Å². The van der Waals surface area contributed by atoms with E-state index in [-0.39, 0.29) is 0 Å². The van der Waals surface area contributed by atoms with Gasteiger partial charge in [-0.15, -0.1) is 0 Å². The molecule has 0 atom stereocenters. The zero-order chi connectivity index (χ0) is 19.6. The SMILES string of the molecule is CCCc1[nH]nc2ccc(Oc3c(C)cc(NC(=O)C(=O)O)cc3C)cc12. The minimum absolute atomic E-state index is 0.417. The van der Waals surface area contributed by atoms with Crippen LogP contribution in [0.25, 0.3) is 10.9 Å². The summed E-state index contributed by atoms with van der Waals surface area (Å²) in [7, 11) is 0. The van der Waals surface area contributed by atoms with Crippen molar-refractivity contribution < 1.29 is 19.4 Å². The van der Waals surface area contributed by atoms with Gasteiger partial charge in [-0.05, 0) is 61.7 Å². The van der Waals surface area contributed by atoms with E-state index in [9.17, 15) is 9.59 Å². The first-order chi connectivity index (χ1) is 12.9. The number of fused-ring (bicyclic) bond motifs is 1. The van der Waals surface area contributed by atoms with Crippen LogP contribution in [0.3, 0.4) is 0 Å². The Kier molecular flexibility index (Phi) is 5.12. The maximum absolute atomic E-state index is 11.3. The molecule has 140 valence electrons. The molecule has 1 amide bonds. The fourth-order valence-corrected chi connectivity index (χ4v) is 3.03. The number of carbonyl (C=O) groups is 2. The van der Waals surface area contributed by atoms with Crippen molar-refractivity contribution in [2.45, 2.75) is 33.6 Å². The first kappa shape index (κ1) is 18.4. The number of carboxylic acids is 1. The Morgan fingerprint density at radius 2 is 1.89 bits per heavy atom. The van der Waals surface area contributed by atoms with Gasteiger partial charge in [0.2, 0.25) is 0 Å². The van der Waals surface area contributed by atoms with E-state index in [1.807, 2.05) is 32.0 Å². The molecule has 1 aromatic heterocycles. The fourth-order valence-electron chi connectivity index (χ4n) is 3.03. The Morgan fingerprint density at radius 3 is 2.52 bits per heavy atom. The van der Waals surface area contributed by atoms with Gasteiger partial charge in [0, 0.05) is 16.8 Å². The van der Waals surface area contributed by atoms with E-state index in [4.69, 9.17) is 9.84 Å². The fraction of sp³-hybridized carbons (Fsp3) is 0.250. The van der Waals surface area contributed by atoms with Gasteiger partial charge in [0.1, 0.15) is 11.5 Å². The summed E-state index contributed by atoms with van der Waals surface area (Å²) >= 11 is 0. The second-order valence-corrected chi connectivity index (χ2v) is 6.43. The van der Waals surface area contributed by atoms with Crippen molar-refractivity contribution in [2.24, 2.45) is 0 Å². The van der Waals surface area contributed by atoms with Crippen molar-refractivity contribution in [1.29, 1.82) is 0 Å². The lowest BCUT2D eigenvalue weighted by atomic mass is 10.1. The van der Waals surface area contributed by atoms with Crippen LogP contribution in [0.5, 0.6) is 11.5 Å². The highest BCUT2D eigenvalue weighted by Crippen LogP contribution is 2.33. The number of nitrogens with one attached hydrogen (secondary N) is 2. The highest BCUT2D eigenvalue weighted by molar-refractivity contribution is 6.36. The van der Waals surface area contributed by atoms with Gasteiger partial charge in [-0.25, -0.2) is 4.79 Å². The van der Waals surface area contributed by atoms with Crippen molar-refractivity contribution in [1.82, 2.24) is 10.2 Å². The normalized spacial score (nSPS) is 10.8. The van der Waals surface area contributed by atoms with Crippen LogP contribution in [-0.2, 0) is 16.0 Å². The van der Waals surface area contributed by atoms with Gasteiger partial charge in [-0.3, -0.25) is 9.89 Å². The summed E-state index contributed by atoms with van der Waals surface area (Å²) < 4.78 is 6.09. The van der Waals surface area contributed by atoms with Crippen LogP contribution in [0.15, 0.2) is 30.3 Å². The first-order valence-corrected chi connectivity index (χ1v) is 8.69. The number of benzene rings is 2. The number of amides is 1. The molecule has 7 nitrogen and oxygen atoms in total. The maximum atomic E-state index is 11.3. The van der Waals surface area contributed by atoms with E-state index in [1.165, 1.54) is 0 Å². The van der Waals surface area contributed by atoms with Gasteiger partial charge in [-0.2, -0.15) is 5.10 Å².